The molecule has 4 nitrogen and oxygen atoms in total. The minimum atomic E-state index is -0.281. The topological polar surface area (TPSA) is 66.4 Å². The Bertz CT molecular complexity index is 966. The Labute approximate surface area is 166 Å². The van der Waals surface area contributed by atoms with Gasteiger partial charge in [-0.3, -0.25) is 9.59 Å². The SMILES string of the molecule is O=C1CC(c2ccc(O)cc2)C2=C(CC(c3ccc(Cl)c(Cl)c3)CC2=O)N1. The molecule has 0 radical (unpaired) electrons. The third-order valence-electron chi connectivity index (χ3n) is 5.25. The number of halogens is 2. The number of carbonyl (C=O) groups excluding carboxylic acids is 2. The summed E-state index contributed by atoms with van der Waals surface area (Å²) in [5.74, 6) is -0.246. The van der Waals surface area contributed by atoms with Gasteiger partial charge in [0.1, 0.15) is 5.75 Å². The fourth-order valence-electron chi connectivity index (χ4n) is 3.95. The molecule has 138 valence electrons. The lowest BCUT2D eigenvalue weighted by Gasteiger charge is -2.34. The number of rotatable bonds is 2. The van der Waals surface area contributed by atoms with Gasteiger partial charge in [0.25, 0.3) is 0 Å². The van der Waals surface area contributed by atoms with Crippen molar-refractivity contribution in [2.45, 2.75) is 31.1 Å². The van der Waals surface area contributed by atoms with Crippen LogP contribution in [0, 0.1) is 0 Å². The van der Waals surface area contributed by atoms with E-state index in [4.69, 9.17) is 23.2 Å². The number of phenolic OH excluding ortho intramolecular Hbond substituents is 1. The summed E-state index contributed by atoms with van der Waals surface area (Å²) >= 11 is 12.1. The molecule has 2 aromatic carbocycles. The second-order valence-electron chi connectivity index (χ2n) is 6.99. The molecule has 2 atom stereocenters. The number of carbonyl (C=O) groups is 2. The highest BCUT2D eigenvalue weighted by molar-refractivity contribution is 6.42. The lowest BCUT2D eigenvalue weighted by molar-refractivity contribution is -0.122. The molecule has 4 rings (SSSR count). The second-order valence-corrected chi connectivity index (χ2v) is 7.80. The van der Waals surface area contributed by atoms with Crippen molar-refractivity contribution in [2.75, 3.05) is 0 Å². The molecule has 1 aliphatic heterocycles. The average Bonchev–Trinajstić information content (AvgIpc) is 2.63. The number of nitrogens with one attached hydrogen (secondary N) is 1. The Balaban J connectivity index is 1.70. The molecule has 0 bridgehead atoms. The highest BCUT2D eigenvalue weighted by atomic mass is 35.5. The number of hydrogen-bond donors (Lipinski definition) is 2. The Morgan fingerprint density at radius 2 is 1.59 bits per heavy atom. The van der Waals surface area contributed by atoms with Crippen molar-refractivity contribution in [3.63, 3.8) is 0 Å². The predicted octanol–water partition coefficient (Wildman–Crippen LogP) is 4.70. The first kappa shape index (κ1) is 18.1. The summed E-state index contributed by atoms with van der Waals surface area (Å²) in [4.78, 5) is 25.3. The summed E-state index contributed by atoms with van der Waals surface area (Å²) in [6.45, 7) is 0. The number of aromatic hydroxyl groups is 1. The maximum absolute atomic E-state index is 13.0. The highest BCUT2D eigenvalue weighted by Gasteiger charge is 2.38. The van der Waals surface area contributed by atoms with Crippen LogP contribution in [-0.2, 0) is 9.59 Å². The van der Waals surface area contributed by atoms with Crippen molar-refractivity contribution < 1.29 is 14.7 Å². The van der Waals surface area contributed by atoms with E-state index >= 15 is 0 Å². The largest absolute Gasteiger partial charge is 0.508 e. The van der Waals surface area contributed by atoms with Crippen molar-refractivity contribution in [3.8, 4) is 5.75 Å². The molecular weight excluding hydrogens is 385 g/mol. The zero-order valence-corrected chi connectivity index (χ0v) is 15.8. The van der Waals surface area contributed by atoms with Crippen molar-refractivity contribution >= 4 is 34.9 Å². The van der Waals surface area contributed by atoms with Crippen LogP contribution in [0.15, 0.2) is 53.7 Å². The molecule has 6 heteroatoms. The standard InChI is InChI=1S/C21H17Cl2NO3/c22-16-6-3-12(7-17(16)23)13-8-18-21(19(26)9-13)15(10-20(27)24-18)11-1-4-14(25)5-2-11/h1-7,13,15,25H,8-10H2,(H,24,27). The Morgan fingerprint density at radius 3 is 2.30 bits per heavy atom. The molecule has 2 aromatic rings. The quantitative estimate of drug-likeness (QED) is 0.765. The second kappa shape index (κ2) is 7.02. The van der Waals surface area contributed by atoms with Crippen molar-refractivity contribution in [1.29, 1.82) is 0 Å². The van der Waals surface area contributed by atoms with E-state index in [1.165, 1.54) is 0 Å². The number of phenols is 1. The number of hydrogen-bond acceptors (Lipinski definition) is 3. The van der Waals surface area contributed by atoms with E-state index in [0.29, 0.717) is 34.2 Å². The van der Waals surface area contributed by atoms with E-state index in [-0.39, 0.29) is 35.7 Å². The zero-order chi connectivity index (χ0) is 19.1. The van der Waals surface area contributed by atoms with Gasteiger partial charge in [-0.1, -0.05) is 41.4 Å². The van der Waals surface area contributed by atoms with Crippen LogP contribution in [0.5, 0.6) is 5.75 Å². The number of benzene rings is 2. The Kier molecular flexibility index (Phi) is 4.70. The maximum Gasteiger partial charge on any atom is 0.225 e. The van der Waals surface area contributed by atoms with E-state index in [1.807, 2.05) is 6.07 Å². The summed E-state index contributed by atoms with van der Waals surface area (Å²) in [6.07, 6.45) is 1.16. The first-order chi connectivity index (χ1) is 12.9. The van der Waals surface area contributed by atoms with Crippen LogP contribution >= 0.6 is 23.2 Å². The molecule has 27 heavy (non-hydrogen) atoms. The van der Waals surface area contributed by atoms with E-state index in [2.05, 4.69) is 5.32 Å². The smallest absolute Gasteiger partial charge is 0.225 e. The van der Waals surface area contributed by atoms with Crippen LogP contribution in [0.1, 0.15) is 42.2 Å². The molecule has 2 N–H and O–H groups in total. The molecule has 1 heterocycles. The first-order valence-electron chi connectivity index (χ1n) is 8.72. The molecule has 1 aliphatic carbocycles. The van der Waals surface area contributed by atoms with Crippen molar-refractivity contribution in [2.24, 2.45) is 0 Å². The van der Waals surface area contributed by atoms with Gasteiger partial charge in [-0.15, -0.1) is 0 Å². The fraction of sp³-hybridized carbons (Fsp3) is 0.238. The number of amides is 1. The van der Waals surface area contributed by atoms with Gasteiger partial charge in [0.2, 0.25) is 5.91 Å². The highest BCUT2D eigenvalue weighted by Crippen LogP contribution is 2.43. The number of Topliss-reactive ketones (excluding diaryl/α,β-unsaturated/α-hetero) is 1. The lowest BCUT2D eigenvalue weighted by atomic mass is 9.73. The van der Waals surface area contributed by atoms with Crippen LogP contribution in [0.4, 0.5) is 0 Å². The van der Waals surface area contributed by atoms with Gasteiger partial charge in [-0.05, 0) is 47.7 Å². The molecule has 2 aliphatic rings. The lowest BCUT2D eigenvalue weighted by Crippen LogP contribution is -2.38. The molecule has 2 unspecified atom stereocenters. The number of ketones is 1. The van der Waals surface area contributed by atoms with Crippen LogP contribution in [0.2, 0.25) is 10.0 Å². The molecule has 0 saturated carbocycles. The number of allylic oxidation sites excluding steroid dienone is 2. The summed E-state index contributed by atoms with van der Waals surface area (Å²) < 4.78 is 0. The van der Waals surface area contributed by atoms with Gasteiger partial charge in [0.15, 0.2) is 5.78 Å². The summed E-state index contributed by atoms with van der Waals surface area (Å²) in [6, 6.07) is 12.1. The van der Waals surface area contributed by atoms with Crippen LogP contribution < -0.4 is 5.32 Å². The van der Waals surface area contributed by atoms with E-state index in [9.17, 15) is 14.7 Å². The van der Waals surface area contributed by atoms with Crippen LogP contribution in [-0.4, -0.2) is 16.8 Å². The molecule has 0 saturated heterocycles. The third kappa shape index (κ3) is 3.47. The van der Waals surface area contributed by atoms with Gasteiger partial charge < -0.3 is 10.4 Å². The fourth-order valence-corrected chi connectivity index (χ4v) is 4.26. The minimum absolute atomic E-state index is 0.0328. The van der Waals surface area contributed by atoms with Crippen molar-refractivity contribution in [3.05, 3.63) is 74.9 Å². The summed E-state index contributed by atoms with van der Waals surface area (Å²) in [7, 11) is 0. The van der Waals surface area contributed by atoms with Gasteiger partial charge >= 0.3 is 0 Å². The van der Waals surface area contributed by atoms with Crippen LogP contribution in [0.25, 0.3) is 0 Å². The maximum atomic E-state index is 13.0. The van der Waals surface area contributed by atoms with Crippen molar-refractivity contribution in [1.82, 2.24) is 5.32 Å². The van der Waals surface area contributed by atoms with Gasteiger partial charge in [-0.2, -0.15) is 0 Å². The van der Waals surface area contributed by atoms with E-state index < -0.39 is 0 Å². The molecule has 0 spiro atoms. The monoisotopic (exact) mass is 401 g/mol. The third-order valence-corrected chi connectivity index (χ3v) is 5.99. The molecular formula is C21H17Cl2NO3. The summed E-state index contributed by atoms with van der Waals surface area (Å²) in [5, 5.41) is 13.3. The van der Waals surface area contributed by atoms with E-state index in [0.717, 1.165) is 11.1 Å². The normalized spacial score (nSPS) is 22.4. The first-order valence-corrected chi connectivity index (χ1v) is 9.48. The Hall–Kier alpha value is -2.30. The van der Waals surface area contributed by atoms with Gasteiger partial charge in [0.05, 0.1) is 10.0 Å². The van der Waals surface area contributed by atoms with E-state index in [1.54, 1.807) is 36.4 Å². The average molecular weight is 402 g/mol. The summed E-state index contributed by atoms with van der Waals surface area (Å²) in [5.41, 5.74) is 3.16. The van der Waals surface area contributed by atoms with Gasteiger partial charge in [0, 0.05) is 30.0 Å². The van der Waals surface area contributed by atoms with Crippen LogP contribution in [0.3, 0.4) is 0 Å². The molecule has 0 fully saturated rings. The minimum Gasteiger partial charge on any atom is -0.508 e. The Morgan fingerprint density at radius 1 is 0.889 bits per heavy atom. The predicted molar refractivity (Wildman–Crippen MR) is 104 cm³/mol. The van der Waals surface area contributed by atoms with Gasteiger partial charge in [-0.25, -0.2) is 0 Å². The molecule has 0 aromatic heterocycles. The zero-order valence-electron chi connectivity index (χ0n) is 14.3. The molecule has 1 amide bonds.